The molecule has 2 aromatic rings. The highest BCUT2D eigenvalue weighted by atomic mass is 16.5. The van der Waals surface area contributed by atoms with Crippen LogP contribution in [0, 0.1) is 0 Å². The lowest BCUT2D eigenvalue weighted by molar-refractivity contribution is 0.171. The molecule has 1 amide bonds. The second-order valence-corrected chi connectivity index (χ2v) is 3.15. The van der Waals surface area contributed by atoms with Gasteiger partial charge in [0.15, 0.2) is 0 Å². The van der Waals surface area contributed by atoms with Gasteiger partial charge in [0.25, 0.3) is 0 Å². The first kappa shape index (κ1) is 10.2. The molecule has 1 heterocycles. The molecule has 0 bridgehead atoms. The minimum Gasteiger partial charge on any atom is -0.452 e. The standard InChI is InChI=1S/C11H11N3O2/c1-16-11(15)14-13-7-8-6-12-10-5-3-2-4-9(8)10/h2-7,12H,1H3,(H,14,15)/b13-7-. The molecule has 0 spiro atoms. The van der Waals surface area contributed by atoms with E-state index in [0.29, 0.717) is 0 Å². The number of carbonyl (C=O) groups excluding carboxylic acids is 1. The number of amides is 1. The van der Waals surface area contributed by atoms with Crippen molar-refractivity contribution in [2.24, 2.45) is 5.10 Å². The van der Waals surface area contributed by atoms with Crippen LogP contribution in [0.25, 0.3) is 10.9 Å². The summed E-state index contributed by atoms with van der Waals surface area (Å²) < 4.78 is 4.39. The van der Waals surface area contributed by atoms with Gasteiger partial charge in [0.2, 0.25) is 0 Å². The van der Waals surface area contributed by atoms with E-state index in [2.05, 4.69) is 20.2 Å². The molecular weight excluding hydrogens is 206 g/mol. The second kappa shape index (κ2) is 4.48. The van der Waals surface area contributed by atoms with Crippen molar-refractivity contribution in [1.82, 2.24) is 10.4 Å². The maximum atomic E-state index is 10.7. The van der Waals surface area contributed by atoms with Crippen LogP contribution in [0.3, 0.4) is 0 Å². The first-order valence-electron chi connectivity index (χ1n) is 4.74. The largest absolute Gasteiger partial charge is 0.452 e. The van der Waals surface area contributed by atoms with Crippen LogP contribution in [-0.4, -0.2) is 24.4 Å². The summed E-state index contributed by atoms with van der Waals surface area (Å²) in [4.78, 5) is 13.9. The maximum absolute atomic E-state index is 10.7. The Labute approximate surface area is 92.1 Å². The minimum atomic E-state index is -0.587. The highest BCUT2D eigenvalue weighted by Gasteiger charge is 1.99. The van der Waals surface area contributed by atoms with Crippen molar-refractivity contribution in [2.45, 2.75) is 0 Å². The van der Waals surface area contributed by atoms with Gasteiger partial charge in [0.05, 0.1) is 13.3 Å². The van der Waals surface area contributed by atoms with Crippen LogP contribution in [0.5, 0.6) is 0 Å². The number of hydrogen-bond donors (Lipinski definition) is 2. The van der Waals surface area contributed by atoms with Crippen LogP contribution in [0.4, 0.5) is 4.79 Å². The number of aromatic amines is 1. The predicted molar refractivity (Wildman–Crippen MR) is 61.4 cm³/mol. The molecule has 0 aliphatic rings. The average molecular weight is 217 g/mol. The fraction of sp³-hybridized carbons (Fsp3) is 0.0909. The van der Waals surface area contributed by atoms with E-state index < -0.39 is 6.09 Å². The van der Waals surface area contributed by atoms with Crippen LogP contribution in [0.1, 0.15) is 5.56 Å². The number of hydrazone groups is 1. The molecule has 1 aromatic heterocycles. The summed E-state index contributed by atoms with van der Waals surface area (Å²) in [5, 5.41) is 4.82. The molecule has 0 atom stereocenters. The Balaban J connectivity index is 2.18. The van der Waals surface area contributed by atoms with Gasteiger partial charge in [-0.05, 0) is 6.07 Å². The van der Waals surface area contributed by atoms with Gasteiger partial charge in [0, 0.05) is 22.7 Å². The van der Waals surface area contributed by atoms with E-state index in [9.17, 15) is 4.79 Å². The first-order valence-corrected chi connectivity index (χ1v) is 4.74. The summed E-state index contributed by atoms with van der Waals surface area (Å²) in [5.74, 6) is 0. The van der Waals surface area contributed by atoms with Crippen molar-refractivity contribution in [3.8, 4) is 0 Å². The lowest BCUT2D eigenvalue weighted by Gasteiger charge is -1.94. The number of aromatic nitrogens is 1. The Hall–Kier alpha value is -2.30. The zero-order chi connectivity index (χ0) is 11.4. The third kappa shape index (κ3) is 2.03. The molecule has 0 saturated heterocycles. The van der Waals surface area contributed by atoms with Gasteiger partial charge >= 0.3 is 6.09 Å². The Kier molecular flexibility index (Phi) is 2.86. The minimum absolute atomic E-state index is 0.587. The Morgan fingerprint density at radius 3 is 3.12 bits per heavy atom. The van der Waals surface area contributed by atoms with E-state index in [1.54, 1.807) is 6.21 Å². The average Bonchev–Trinajstić information content (AvgIpc) is 2.73. The highest BCUT2D eigenvalue weighted by Crippen LogP contribution is 2.15. The Bertz CT molecular complexity index is 531. The van der Waals surface area contributed by atoms with E-state index in [0.717, 1.165) is 16.5 Å². The number of H-pyrrole nitrogens is 1. The van der Waals surface area contributed by atoms with Gasteiger partial charge in [-0.25, -0.2) is 10.2 Å². The summed E-state index contributed by atoms with van der Waals surface area (Å²) in [6, 6.07) is 7.85. The fourth-order valence-corrected chi connectivity index (χ4v) is 1.40. The van der Waals surface area contributed by atoms with Crippen LogP contribution in [-0.2, 0) is 4.74 Å². The van der Waals surface area contributed by atoms with Gasteiger partial charge < -0.3 is 9.72 Å². The molecule has 82 valence electrons. The van der Waals surface area contributed by atoms with Crippen molar-refractivity contribution in [1.29, 1.82) is 0 Å². The van der Waals surface area contributed by atoms with Crippen molar-refractivity contribution >= 4 is 23.2 Å². The maximum Gasteiger partial charge on any atom is 0.427 e. The van der Waals surface area contributed by atoms with E-state index in [-0.39, 0.29) is 0 Å². The molecule has 5 nitrogen and oxygen atoms in total. The van der Waals surface area contributed by atoms with Crippen molar-refractivity contribution in [3.63, 3.8) is 0 Å². The normalized spacial score (nSPS) is 10.8. The zero-order valence-electron chi connectivity index (χ0n) is 8.73. The lowest BCUT2D eigenvalue weighted by atomic mass is 10.2. The molecule has 5 heteroatoms. The number of carbonyl (C=O) groups is 1. The number of ether oxygens (including phenoxy) is 1. The molecule has 0 radical (unpaired) electrons. The van der Waals surface area contributed by atoms with Crippen LogP contribution < -0.4 is 5.43 Å². The SMILES string of the molecule is COC(=O)N/N=C\c1c[nH]c2ccccc12. The molecule has 0 aliphatic heterocycles. The van der Waals surface area contributed by atoms with Gasteiger partial charge in [-0.2, -0.15) is 5.10 Å². The smallest absolute Gasteiger partial charge is 0.427 e. The molecule has 0 unspecified atom stereocenters. The number of methoxy groups -OCH3 is 1. The highest BCUT2D eigenvalue weighted by molar-refractivity contribution is 5.99. The molecule has 1 aromatic carbocycles. The van der Waals surface area contributed by atoms with Crippen LogP contribution >= 0.6 is 0 Å². The number of nitrogens with zero attached hydrogens (tertiary/aromatic N) is 1. The number of rotatable bonds is 2. The summed E-state index contributed by atoms with van der Waals surface area (Å²) in [5.41, 5.74) is 4.17. The number of hydrogen-bond acceptors (Lipinski definition) is 3. The molecule has 0 saturated carbocycles. The summed E-state index contributed by atoms with van der Waals surface area (Å²) in [6.07, 6.45) is 2.80. The monoisotopic (exact) mass is 217 g/mol. The fourth-order valence-electron chi connectivity index (χ4n) is 1.40. The third-order valence-electron chi connectivity index (χ3n) is 2.17. The molecule has 16 heavy (non-hydrogen) atoms. The van der Waals surface area contributed by atoms with E-state index in [1.807, 2.05) is 30.5 Å². The summed E-state index contributed by atoms with van der Waals surface area (Å²) >= 11 is 0. The summed E-state index contributed by atoms with van der Waals surface area (Å²) in [6.45, 7) is 0. The Morgan fingerprint density at radius 1 is 1.50 bits per heavy atom. The van der Waals surface area contributed by atoms with Crippen LogP contribution in [0.2, 0.25) is 0 Å². The number of nitrogens with one attached hydrogen (secondary N) is 2. The number of para-hydroxylation sites is 1. The van der Waals surface area contributed by atoms with Crippen molar-refractivity contribution in [2.75, 3.05) is 7.11 Å². The molecule has 2 N–H and O–H groups in total. The lowest BCUT2D eigenvalue weighted by Crippen LogP contribution is -2.16. The van der Waals surface area contributed by atoms with Crippen molar-refractivity contribution < 1.29 is 9.53 Å². The quantitative estimate of drug-likeness (QED) is 0.595. The van der Waals surface area contributed by atoms with Crippen molar-refractivity contribution in [3.05, 3.63) is 36.0 Å². The molecule has 0 fully saturated rings. The van der Waals surface area contributed by atoms with E-state index in [1.165, 1.54) is 7.11 Å². The molecule has 2 rings (SSSR count). The predicted octanol–water partition coefficient (Wildman–Crippen LogP) is 1.86. The Morgan fingerprint density at radius 2 is 2.31 bits per heavy atom. The van der Waals surface area contributed by atoms with Gasteiger partial charge in [-0.3, -0.25) is 0 Å². The van der Waals surface area contributed by atoms with Crippen LogP contribution in [0.15, 0.2) is 35.6 Å². The molecule has 0 aliphatic carbocycles. The zero-order valence-corrected chi connectivity index (χ0v) is 8.73. The third-order valence-corrected chi connectivity index (χ3v) is 2.17. The van der Waals surface area contributed by atoms with E-state index in [4.69, 9.17) is 0 Å². The first-order chi connectivity index (χ1) is 7.81. The molecular formula is C11H11N3O2. The summed E-state index contributed by atoms with van der Waals surface area (Å²) in [7, 11) is 1.29. The van der Waals surface area contributed by atoms with Gasteiger partial charge in [-0.1, -0.05) is 18.2 Å². The van der Waals surface area contributed by atoms with Gasteiger partial charge in [-0.15, -0.1) is 0 Å². The van der Waals surface area contributed by atoms with Gasteiger partial charge in [0.1, 0.15) is 0 Å². The number of fused-ring (bicyclic) bond motifs is 1. The number of benzene rings is 1. The second-order valence-electron chi connectivity index (χ2n) is 3.15. The topological polar surface area (TPSA) is 66.5 Å². The van der Waals surface area contributed by atoms with E-state index >= 15 is 0 Å².